The number of hydrogen-bond acceptors (Lipinski definition) is 7. The zero-order valence-corrected chi connectivity index (χ0v) is 21.7. The minimum Gasteiger partial charge on any atom is -0.495 e. The summed E-state index contributed by atoms with van der Waals surface area (Å²) in [5.74, 6) is 0.446. The summed E-state index contributed by atoms with van der Waals surface area (Å²) in [4.78, 5) is 11.3. The number of anilines is 1. The van der Waals surface area contributed by atoms with Crippen LogP contribution in [0.15, 0.2) is 55.0 Å². The van der Waals surface area contributed by atoms with Crippen molar-refractivity contribution < 1.29 is 13.9 Å². The second kappa shape index (κ2) is 13.7. The summed E-state index contributed by atoms with van der Waals surface area (Å²) in [6.45, 7) is 5.35. The largest absolute Gasteiger partial charge is 0.495 e. The van der Waals surface area contributed by atoms with Crippen LogP contribution in [0.1, 0.15) is 30.4 Å². The SMILES string of the molecule is CN/C=C(/CCCN1CCOCC1)c1ccc(F)cc1/C=C\CCNc1ccnc2cc(OC)cnc12. The maximum Gasteiger partial charge on any atom is 0.139 e. The van der Waals surface area contributed by atoms with Crippen molar-refractivity contribution in [2.45, 2.75) is 19.3 Å². The Balaban J connectivity index is 1.38. The average Bonchev–Trinajstić information content (AvgIpc) is 2.93. The zero-order valence-electron chi connectivity index (χ0n) is 21.7. The smallest absolute Gasteiger partial charge is 0.139 e. The molecule has 0 saturated carbocycles. The minimum atomic E-state index is -0.233. The van der Waals surface area contributed by atoms with Crippen molar-refractivity contribution in [3.8, 4) is 5.75 Å². The molecule has 2 N–H and O–H groups in total. The van der Waals surface area contributed by atoms with Gasteiger partial charge in [-0.15, -0.1) is 0 Å². The van der Waals surface area contributed by atoms with Gasteiger partial charge in [-0.1, -0.05) is 18.2 Å². The predicted molar refractivity (Wildman–Crippen MR) is 148 cm³/mol. The van der Waals surface area contributed by atoms with Gasteiger partial charge in [-0.25, -0.2) is 9.37 Å². The van der Waals surface area contributed by atoms with E-state index in [0.29, 0.717) is 12.3 Å². The Morgan fingerprint density at radius 2 is 2.05 bits per heavy atom. The Hall–Kier alpha value is -3.49. The molecule has 196 valence electrons. The molecule has 1 saturated heterocycles. The lowest BCUT2D eigenvalue weighted by Crippen LogP contribution is -2.36. The number of rotatable bonds is 12. The summed E-state index contributed by atoms with van der Waals surface area (Å²) in [6, 6.07) is 8.82. The van der Waals surface area contributed by atoms with Crippen molar-refractivity contribution in [3.63, 3.8) is 0 Å². The fourth-order valence-corrected chi connectivity index (χ4v) is 4.51. The van der Waals surface area contributed by atoms with E-state index < -0.39 is 0 Å². The number of ether oxygens (including phenoxy) is 2. The second-order valence-corrected chi connectivity index (χ2v) is 8.97. The van der Waals surface area contributed by atoms with Crippen molar-refractivity contribution in [1.29, 1.82) is 0 Å². The lowest BCUT2D eigenvalue weighted by Gasteiger charge is -2.26. The highest BCUT2D eigenvalue weighted by Gasteiger charge is 2.12. The molecule has 0 atom stereocenters. The number of benzene rings is 1. The standard InChI is InChI=1S/C29H36FN5O2/c1-31-20-23(7-5-13-35-14-16-37-17-15-35)26-9-8-24(30)18-22(26)6-3-4-11-32-27-10-12-33-28-19-25(36-2)21-34-29(27)28/h3,6,8-10,12,18-21,31H,4-5,7,11,13-17H2,1-2H3,(H,32,33)/b6-3-,23-20-. The average molecular weight is 506 g/mol. The monoisotopic (exact) mass is 505 g/mol. The summed E-state index contributed by atoms with van der Waals surface area (Å²) in [5, 5.41) is 6.61. The van der Waals surface area contributed by atoms with Gasteiger partial charge in [-0.05, 0) is 60.7 Å². The van der Waals surface area contributed by atoms with Gasteiger partial charge in [0.1, 0.15) is 17.1 Å². The lowest BCUT2D eigenvalue weighted by molar-refractivity contribution is 0.0376. The van der Waals surface area contributed by atoms with Gasteiger partial charge >= 0.3 is 0 Å². The van der Waals surface area contributed by atoms with Crippen LogP contribution in [0.2, 0.25) is 0 Å². The molecule has 0 aliphatic carbocycles. The second-order valence-electron chi connectivity index (χ2n) is 8.97. The molecule has 3 aromatic rings. The molecule has 1 aliphatic rings. The van der Waals surface area contributed by atoms with E-state index in [-0.39, 0.29) is 5.82 Å². The number of fused-ring (bicyclic) bond motifs is 1. The molecule has 1 aliphatic heterocycles. The first kappa shape index (κ1) is 26.6. The molecule has 0 radical (unpaired) electrons. The van der Waals surface area contributed by atoms with Crippen LogP contribution in [-0.4, -0.2) is 68.4 Å². The first-order valence-corrected chi connectivity index (χ1v) is 12.8. The van der Waals surface area contributed by atoms with Gasteiger partial charge in [0.15, 0.2) is 0 Å². The molecule has 0 bridgehead atoms. The third kappa shape index (κ3) is 7.50. The Bertz CT molecular complexity index is 1220. The molecule has 8 heteroatoms. The number of aromatic nitrogens is 2. The van der Waals surface area contributed by atoms with E-state index in [2.05, 4.69) is 31.6 Å². The maximum atomic E-state index is 14.2. The highest BCUT2D eigenvalue weighted by molar-refractivity contribution is 5.87. The van der Waals surface area contributed by atoms with E-state index >= 15 is 0 Å². The van der Waals surface area contributed by atoms with Crippen LogP contribution >= 0.6 is 0 Å². The Labute approximate surface area is 218 Å². The molecule has 0 spiro atoms. The van der Waals surface area contributed by atoms with Crippen LogP contribution in [0.25, 0.3) is 22.7 Å². The normalized spacial score (nSPS) is 14.8. The number of nitrogens with zero attached hydrogens (tertiary/aromatic N) is 3. The fraction of sp³-hybridized carbons (Fsp3) is 0.379. The maximum absolute atomic E-state index is 14.2. The van der Waals surface area contributed by atoms with Gasteiger partial charge < -0.3 is 20.1 Å². The number of allylic oxidation sites excluding steroid dienone is 1. The number of nitrogens with one attached hydrogen (secondary N) is 2. The molecule has 7 nitrogen and oxygen atoms in total. The third-order valence-electron chi connectivity index (χ3n) is 6.41. The molecular weight excluding hydrogens is 469 g/mol. The number of morpholine rings is 1. The highest BCUT2D eigenvalue weighted by Crippen LogP contribution is 2.26. The molecule has 2 aromatic heterocycles. The van der Waals surface area contributed by atoms with E-state index in [1.165, 1.54) is 11.6 Å². The van der Waals surface area contributed by atoms with Crippen molar-refractivity contribution in [1.82, 2.24) is 20.2 Å². The molecule has 37 heavy (non-hydrogen) atoms. The summed E-state index contributed by atoms with van der Waals surface area (Å²) in [5.41, 5.74) is 5.63. The van der Waals surface area contributed by atoms with Gasteiger partial charge in [0.2, 0.25) is 0 Å². The van der Waals surface area contributed by atoms with Gasteiger partial charge in [0.25, 0.3) is 0 Å². The van der Waals surface area contributed by atoms with E-state index in [1.54, 1.807) is 25.6 Å². The summed E-state index contributed by atoms with van der Waals surface area (Å²) >= 11 is 0. The molecule has 3 heterocycles. The summed E-state index contributed by atoms with van der Waals surface area (Å²) in [7, 11) is 3.52. The molecule has 0 amide bonds. The van der Waals surface area contributed by atoms with Gasteiger partial charge in [0.05, 0.1) is 37.7 Å². The number of methoxy groups -OCH3 is 1. The molecule has 1 aromatic carbocycles. The first-order valence-electron chi connectivity index (χ1n) is 12.8. The van der Waals surface area contributed by atoms with Gasteiger partial charge in [-0.3, -0.25) is 9.88 Å². The molecule has 4 rings (SSSR count). The van der Waals surface area contributed by atoms with Crippen molar-refractivity contribution in [3.05, 3.63) is 71.9 Å². The van der Waals surface area contributed by atoms with E-state index in [1.807, 2.05) is 37.5 Å². The van der Waals surface area contributed by atoms with E-state index in [0.717, 1.165) is 80.0 Å². The third-order valence-corrected chi connectivity index (χ3v) is 6.41. The van der Waals surface area contributed by atoms with Crippen LogP contribution < -0.4 is 15.4 Å². The van der Waals surface area contributed by atoms with Crippen molar-refractivity contribution in [2.75, 3.05) is 58.9 Å². The lowest BCUT2D eigenvalue weighted by atomic mass is 9.96. The summed E-state index contributed by atoms with van der Waals surface area (Å²) in [6.07, 6.45) is 12.3. The zero-order chi connectivity index (χ0) is 25.9. The highest BCUT2D eigenvalue weighted by atomic mass is 19.1. The fourth-order valence-electron chi connectivity index (χ4n) is 4.51. The Kier molecular flexibility index (Phi) is 9.85. The van der Waals surface area contributed by atoms with Crippen LogP contribution in [0, 0.1) is 5.82 Å². The van der Waals surface area contributed by atoms with Crippen LogP contribution in [0.3, 0.4) is 0 Å². The van der Waals surface area contributed by atoms with Gasteiger partial charge in [0, 0.05) is 45.1 Å². The Morgan fingerprint density at radius 1 is 1.19 bits per heavy atom. The van der Waals surface area contributed by atoms with E-state index in [4.69, 9.17) is 9.47 Å². The molecule has 0 unspecified atom stereocenters. The molecular formula is C29H36FN5O2. The van der Waals surface area contributed by atoms with Crippen molar-refractivity contribution >= 4 is 28.4 Å². The van der Waals surface area contributed by atoms with Crippen LogP contribution in [0.5, 0.6) is 5.75 Å². The van der Waals surface area contributed by atoms with Crippen molar-refractivity contribution in [2.24, 2.45) is 0 Å². The number of hydrogen-bond donors (Lipinski definition) is 2. The van der Waals surface area contributed by atoms with E-state index in [9.17, 15) is 4.39 Å². The van der Waals surface area contributed by atoms with Crippen LogP contribution in [0.4, 0.5) is 10.1 Å². The molecule has 1 fully saturated rings. The first-order chi connectivity index (χ1) is 18.2. The Morgan fingerprint density at radius 3 is 2.86 bits per heavy atom. The number of halogens is 1. The van der Waals surface area contributed by atoms with Gasteiger partial charge in [-0.2, -0.15) is 0 Å². The van der Waals surface area contributed by atoms with Crippen LogP contribution in [-0.2, 0) is 4.74 Å². The minimum absolute atomic E-state index is 0.233. The quantitative estimate of drug-likeness (QED) is 0.337. The topological polar surface area (TPSA) is 71.5 Å². The number of pyridine rings is 2. The predicted octanol–water partition coefficient (Wildman–Crippen LogP) is 4.97. The summed E-state index contributed by atoms with van der Waals surface area (Å²) < 4.78 is 24.9.